The summed E-state index contributed by atoms with van der Waals surface area (Å²) in [5.41, 5.74) is 0.996. The van der Waals surface area contributed by atoms with Gasteiger partial charge >= 0.3 is 0 Å². The maximum atomic E-state index is 13.1. The summed E-state index contributed by atoms with van der Waals surface area (Å²) in [5, 5.41) is 0. The van der Waals surface area contributed by atoms with Crippen LogP contribution in [-0.4, -0.2) is 5.92 Å². The summed E-state index contributed by atoms with van der Waals surface area (Å²) >= 11 is 0. The van der Waals surface area contributed by atoms with Gasteiger partial charge in [-0.05, 0) is 44.4 Å². The SMILES string of the molecule is CCCC(CCC)CC1C=C(CC(C)(F)F)CCC1. The van der Waals surface area contributed by atoms with Gasteiger partial charge in [0.05, 0.1) is 0 Å². The third-order valence-corrected chi connectivity index (χ3v) is 4.11. The Morgan fingerprint density at radius 1 is 1.26 bits per heavy atom. The molecule has 0 spiro atoms. The van der Waals surface area contributed by atoms with E-state index in [4.69, 9.17) is 0 Å². The summed E-state index contributed by atoms with van der Waals surface area (Å²) in [7, 11) is 0. The van der Waals surface area contributed by atoms with Crippen molar-refractivity contribution in [1.29, 1.82) is 0 Å². The number of rotatable bonds is 8. The van der Waals surface area contributed by atoms with Crippen LogP contribution in [0.25, 0.3) is 0 Å². The standard InChI is InChI=1S/C17H30F2/c1-4-7-14(8-5-2)11-15-9-6-10-16(12-15)13-17(3,18)19/h12,14-15H,4-11,13H2,1-3H3. The predicted octanol–water partition coefficient (Wildman–Crippen LogP) is 6.36. The number of alkyl halides is 2. The Balaban J connectivity index is 2.54. The van der Waals surface area contributed by atoms with Crippen molar-refractivity contribution in [2.24, 2.45) is 11.8 Å². The van der Waals surface area contributed by atoms with Crippen molar-refractivity contribution in [3.05, 3.63) is 11.6 Å². The van der Waals surface area contributed by atoms with Crippen molar-refractivity contribution in [2.75, 3.05) is 0 Å². The van der Waals surface area contributed by atoms with Crippen LogP contribution in [0, 0.1) is 11.8 Å². The third kappa shape index (κ3) is 7.08. The molecule has 19 heavy (non-hydrogen) atoms. The van der Waals surface area contributed by atoms with Crippen molar-refractivity contribution in [2.45, 2.75) is 84.5 Å². The Morgan fingerprint density at radius 2 is 1.89 bits per heavy atom. The summed E-state index contributed by atoms with van der Waals surface area (Å²) in [6.07, 6.45) is 11.6. The molecule has 0 saturated heterocycles. The second-order valence-corrected chi connectivity index (χ2v) is 6.40. The molecular formula is C17H30F2. The van der Waals surface area contributed by atoms with E-state index in [1.54, 1.807) is 0 Å². The minimum Gasteiger partial charge on any atom is -0.207 e. The molecule has 0 heterocycles. The highest BCUT2D eigenvalue weighted by atomic mass is 19.3. The van der Waals surface area contributed by atoms with Crippen LogP contribution < -0.4 is 0 Å². The zero-order valence-electron chi connectivity index (χ0n) is 12.9. The van der Waals surface area contributed by atoms with Crippen molar-refractivity contribution in [3.8, 4) is 0 Å². The van der Waals surface area contributed by atoms with Crippen LogP contribution in [-0.2, 0) is 0 Å². The Labute approximate surface area is 117 Å². The topological polar surface area (TPSA) is 0 Å². The molecule has 0 amide bonds. The zero-order chi connectivity index (χ0) is 14.3. The number of allylic oxidation sites excluding steroid dienone is 2. The van der Waals surface area contributed by atoms with Crippen molar-refractivity contribution < 1.29 is 8.78 Å². The molecule has 0 saturated carbocycles. The summed E-state index contributed by atoms with van der Waals surface area (Å²) in [5.74, 6) is -1.20. The van der Waals surface area contributed by atoms with Crippen LogP contribution in [0.4, 0.5) is 8.78 Å². The van der Waals surface area contributed by atoms with Crippen LogP contribution in [0.5, 0.6) is 0 Å². The lowest BCUT2D eigenvalue weighted by molar-refractivity contribution is 0.0212. The van der Waals surface area contributed by atoms with Gasteiger partial charge in [-0.25, -0.2) is 8.78 Å². The Kier molecular flexibility index (Phi) is 7.02. The molecule has 0 radical (unpaired) electrons. The molecule has 0 fully saturated rings. The summed E-state index contributed by atoms with van der Waals surface area (Å²) in [6, 6.07) is 0. The molecule has 1 atom stereocenters. The fourth-order valence-corrected chi connectivity index (χ4v) is 3.45. The highest BCUT2D eigenvalue weighted by Gasteiger charge is 2.25. The fourth-order valence-electron chi connectivity index (χ4n) is 3.45. The largest absolute Gasteiger partial charge is 0.249 e. The quantitative estimate of drug-likeness (QED) is 0.451. The fraction of sp³-hybridized carbons (Fsp3) is 0.882. The average molecular weight is 272 g/mol. The normalized spacial score (nSPS) is 20.7. The van der Waals surface area contributed by atoms with Crippen molar-refractivity contribution >= 4 is 0 Å². The smallest absolute Gasteiger partial charge is 0.207 e. The molecule has 112 valence electrons. The van der Waals surface area contributed by atoms with Gasteiger partial charge < -0.3 is 0 Å². The van der Waals surface area contributed by atoms with Crippen LogP contribution in [0.3, 0.4) is 0 Å². The molecule has 0 aromatic carbocycles. The molecule has 1 aliphatic carbocycles. The second-order valence-electron chi connectivity index (χ2n) is 6.40. The van der Waals surface area contributed by atoms with Crippen molar-refractivity contribution in [3.63, 3.8) is 0 Å². The average Bonchev–Trinajstić information content (AvgIpc) is 2.27. The van der Waals surface area contributed by atoms with E-state index in [9.17, 15) is 8.78 Å². The second kappa shape index (κ2) is 8.01. The van der Waals surface area contributed by atoms with Crippen LogP contribution in [0.2, 0.25) is 0 Å². The molecule has 2 heteroatoms. The van der Waals surface area contributed by atoms with E-state index in [-0.39, 0.29) is 6.42 Å². The van der Waals surface area contributed by atoms with Gasteiger partial charge in [-0.1, -0.05) is 51.2 Å². The van der Waals surface area contributed by atoms with E-state index < -0.39 is 5.92 Å². The van der Waals surface area contributed by atoms with Gasteiger partial charge in [0, 0.05) is 6.42 Å². The van der Waals surface area contributed by atoms with Gasteiger partial charge in [-0.15, -0.1) is 0 Å². The van der Waals surface area contributed by atoms with Gasteiger partial charge in [0.2, 0.25) is 5.92 Å². The van der Waals surface area contributed by atoms with Gasteiger partial charge in [-0.3, -0.25) is 0 Å². The highest BCUT2D eigenvalue weighted by molar-refractivity contribution is 5.10. The van der Waals surface area contributed by atoms with Gasteiger partial charge in [0.15, 0.2) is 0 Å². The molecule has 0 aliphatic heterocycles. The molecule has 1 unspecified atom stereocenters. The first-order valence-electron chi connectivity index (χ1n) is 8.02. The van der Waals surface area contributed by atoms with Gasteiger partial charge in [0.1, 0.15) is 0 Å². The van der Waals surface area contributed by atoms with E-state index in [1.807, 2.05) is 0 Å². The molecule has 0 N–H and O–H groups in total. The summed E-state index contributed by atoms with van der Waals surface area (Å²) in [6.45, 7) is 5.51. The molecule has 0 bridgehead atoms. The molecular weight excluding hydrogens is 242 g/mol. The number of hydrogen-bond donors (Lipinski definition) is 0. The van der Waals surface area contributed by atoms with Crippen LogP contribution in [0.1, 0.15) is 78.6 Å². The minimum absolute atomic E-state index is 0.0320. The monoisotopic (exact) mass is 272 g/mol. The first kappa shape index (κ1) is 16.7. The predicted molar refractivity (Wildman–Crippen MR) is 78.6 cm³/mol. The first-order chi connectivity index (χ1) is 8.94. The van der Waals surface area contributed by atoms with E-state index in [1.165, 1.54) is 38.5 Å². The summed E-state index contributed by atoms with van der Waals surface area (Å²) in [4.78, 5) is 0. The number of halogens is 2. The molecule has 1 aliphatic rings. The van der Waals surface area contributed by atoms with Crippen LogP contribution >= 0.6 is 0 Å². The Morgan fingerprint density at radius 3 is 2.42 bits per heavy atom. The van der Waals surface area contributed by atoms with Crippen molar-refractivity contribution in [1.82, 2.24) is 0 Å². The zero-order valence-corrected chi connectivity index (χ0v) is 12.9. The van der Waals surface area contributed by atoms with Gasteiger partial charge in [0.25, 0.3) is 0 Å². The van der Waals surface area contributed by atoms with E-state index >= 15 is 0 Å². The van der Waals surface area contributed by atoms with Gasteiger partial charge in [-0.2, -0.15) is 0 Å². The lowest BCUT2D eigenvalue weighted by Crippen LogP contribution is -2.16. The first-order valence-corrected chi connectivity index (χ1v) is 8.02. The molecule has 1 rings (SSSR count). The third-order valence-electron chi connectivity index (χ3n) is 4.11. The molecule has 0 nitrogen and oxygen atoms in total. The highest BCUT2D eigenvalue weighted by Crippen LogP contribution is 2.35. The van der Waals surface area contributed by atoms with E-state index in [2.05, 4.69) is 19.9 Å². The molecule has 0 aromatic heterocycles. The Bertz CT molecular complexity index is 269. The van der Waals surface area contributed by atoms with Crippen LogP contribution in [0.15, 0.2) is 11.6 Å². The minimum atomic E-state index is -2.54. The Hall–Kier alpha value is -0.400. The van der Waals surface area contributed by atoms with E-state index in [0.29, 0.717) is 5.92 Å². The maximum Gasteiger partial charge on any atom is 0.249 e. The molecule has 0 aromatic rings. The maximum absolute atomic E-state index is 13.1. The lowest BCUT2D eigenvalue weighted by Gasteiger charge is -2.26. The summed E-state index contributed by atoms with van der Waals surface area (Å²) < 4.78 is 26.2. The lowest BCUT2D eigenvalue weighted by atomic mass is 9.80. The van der Waals surface area contributed by atoms with E-state index in [0.717, 1.165) is 31.3 Å². The number of hydrogen-bond acceptors (Lipinski definition) is 0.